The monoisotopic (exact) mass is 168 g/mol. The third-order valence-electron chi connectivity index (χ3n) is 2.35. The number of rotatable bonds is 2. The van der Waals surface area contributed by atoms with E-state index in [-0.39, 0.29) is 6.10 Å². The van der Waals surface area contributed by atoms with Gasteiger partial charge in [-0.3, -0.25) is 0 Å². The lowest BCUT2D eigenvalue weighted by molar-refractivity contribution is 0.179. The van der Waals surface area contributed by atoms with E-state index in [4.69, 9.17) is 0 Å². The maximum atomic E-state index is 9.49. The fourth-order valence-electron chi connectivity index (χ4n) is 2.03. The van der Waals surface area contributed by atoms with Gasteiger partial charge in [-0.2, -0.15) is 0 Å². The van der Waals surface area contributed by atoms with E-state index in [0.29, 0.717) is 11.8 Å². The minimum absolute atomic E-state index is 0.178. The van der Waals surface area contributed by atoms with E-state index in [1.807, 2.05) is 0 Å². The second-order valence-electron chi connectivity index (χ2n) is 4.54. The first kappa shape index (κ1) is 9.79. The highest BCUT2D eigenvalue weighted by Gasteiger charge is 2.17. The third-order valence-corrected chi connectivity index (χ3v) is 2.35. The molecule has 0 heterocycles. The van der Waals surface area contributed by atoms with Gasteiger partial charge in [-0.05, 0) is 31.1 Å². The van der Waals surface area contributed by atoms with Gasteiger partial charge in [-0.25, -0.2) is 0 Å². The fraction of sp³-hybridized carbons (Fsp3) is 0.818. The van der Waals surface area contributed by atoms with Gasteiger partial charge in [0.2, 0.25) is 0 Å². The third kappa shape index (κ3) is 2.98. The van der Waals surface area contributed by atoms with Gasteiger partial charge in [0.25, 0.3) is 0 Å². The Kier molecular flexibility index (Phi) is 3.33. The largest absolute Gasteiger partial charge is 0.389 e. The van der Waals surface area contributed by atoms with E-state index in [1.54, 1.807) is 0 Å². The Balaban J connectivity index is 2.51. The summed E-state index contributed by atoms with van der Waals surface area (Å²) in [5.41, 5.74) is 1.45. The second kappa shape index (κ2) is 4.08. The molecule has 2 atom stereocenters. The standard InChI is InChI=1S/C11H20O/c1-8(2)4-10-5-9(3)6-11(12)7-10/h7-9,11-12H,4-6H2,1-3H3. The lowest BCUT2D eigenvalue weighted by Gasteiger charge is -2.23. The molecule has 0 spiro atoms. The molecule has 2 unspecified atom stereocenters. The van der Waals surface area contributed by atoms with Crippen LogP contribution in [0.25, 0.3) is 0 Å². The van der Waals surface area contributed by atoms with E-state index in [0.717, 1.165) is 12.8 Å². The summed E-state index contributed by atoms with van der Waals surface area (Å²) in [6, 6.07) is 0. The molecule has 1 nitrogen and oxygen atoms in total. The quantitative estimate of drug-likeness (QED) is 0.629. The molecule has 1 aliphatic rings. The summed E-state index contributed by atoms with van der Waals surface area (Å²) in [4.78, 5) is 0. The molecule has 0 aromatic carbocycles. The SMILES string of the molecule is CC(C)CC1=CC(O)CC(C)C1. The summed E-state index contributed by atoms with van der Waals surface area (Å²) in [5, 5.41) is 9.49. The van der Waals surface area contributed by atoms with Gasteiger partial charge >= 0.3 is 0 Å². The minimum atomic E-state index is -0.178. The van der Waals surface area contributed by atoms with Crippen molar-refractivity contribution in [2.24, 2.45) is 11.8 Å². The minimum Gasteiger partial charge on any atom is -0.389 e. The van der Waals surface area contributed by atoms with E-state index in [2.05, 4.69) is 26.8 Å². The Morgan fingerprint density at radius 2 is 2.25 bits per heavy atom. The van der Waals surface area contributed by atoms with Gasteiger partial charge in [0.1, 0.15) is 0 Å². The molecule has 1 heteroatoms. The van der Waals surface area contributed by atoms with Crippen molar-refractivity contribution < 1.29 is 5.11 Å². The van der Waals surface area contributed by atoms with Gasteiger partial charge in [0.15, 0.2) is 0 Å². The molecule has 0 fully saturated rings. The molecule has 70 valence electrons. The van der Waals surface area contributed by atoms with Crippen molar-refractivity contribution in [1.82, 2.24) is 0 Å². The molecular weight excluding hydrogens is 148 g/mol. The fourth-order valence-corrected chi connectivity index (χ4v) is 2.03. The Labute approximate surface area is 75.5 Å². The molecule has 1 N–H and O–H groups in total. The van der Waals surface area contributed by atoms with Crippen molar-refractivity contribution in [3.63, 3.8) is 0 Å². The zero-order valence-electron chi connectivity index (χ0n) is 8.38. The normalized spacial score (nSPS) is 30.6. The molecule has 0 aromatic rings. The van der Waals surface area contributed by atoms with Crippen LogP contribution in [-0.2, 0) is 0 Å². The van der Waals surface area contributed by atoms with Crippen LogP contribution in [0, 0.1) is 11.8 Å². The Morgan fingerprint density at radius 3 is 2.75 bits per heavy atom. The van der Waals surface area contributed by atoms with Crippen LogP contribution in [-0.4, -0.2) is 11.2 Å². The summed E-state index contributed by atoms with van der Waals surface area (Å²) in [5.74, 6) is 1.38. The number of hydrogen-bond donors (Lipinski definition) is 1. The first-order valence-corrected chi connectivity index (χ1v) is 4.95. The molecule has 0 saturated carbocycles. The van der Waals surface area contributed by atoms with Gasteiger partial charge in [0, 0.05) is 0 Å². The zero-order chi connectivity index (χ0) is 9.14. The first-order valence-electron chi connectivity index (χ1n) is 4.95. The predicted octanol–water partition coefficient (Wildman–Crippen LogP) is 2.75. The smallest absolute Gasteiger partial charge is 0.0726 e. The molecule has 0 amide bonds. The topological polar surface area (TPSA) is 20.2 Å². The van der Waals surface area contributed by atoms with Crippen LogP contribution in [0.15, 0.2) is 11.6 Å². The highest BCUT2D eigenvalue weighted by Crippen LogP contribution is 2.27. The second-order valence-corrected chi connectivity index (χ2v) is 4.54. The van der Waals surface area contributed by atoms with Crippen LogP contribution in [0.3, 0.4) is 0 Å². The molecular formula is C11H20O. The lowest BCUT2D eigenvalue weighted by atomic mass is 9.85. The summed E-state index contributed by atoms with van der Waals surface area (Å²) in [7, 11) is 0. The molecule has 0 aliphatic heterocycles. The van der Waals surface area contributed by atoms with Crippen molar-refractivity contribution >= 4 is 0 Å². The summed E-state index contributed by atoms with van der Waals surface area (Å²) < 4.78 is 0. The zero-order valence-corrected chi connectivity index (χ0v) is 8.38. The van der Waals surface area contributed by atoms with E-state index in [9.17, 15) is 5.11 Å². The van der Waals surface area contributed by atoms with Crippen molar-refractivity contribution in [2.45, 2.75) is 46.1 Å². The Bertz CT molecular complexity index is 170. The summed E-state index contributed by atoms with van der Waals surface area (Å²) >= 11 is 0. The molecule has 1 rings (SSSR count). The van der Waals surface area contributed by atoms with Crippen LogP contribution >= 0.6 is 0 Å². The predicted molar refractivity (Wildman–Crippen MR) is 51.9 cm³/mol. The highest BCUT2D eigenvalue weighted by molar-refractivity contribution is 5.10. The van der Waals surface area contributed by atoms with E-state index < -0.39 is 0 Å². The Hall–Kier alpha value is -0.300. The Morgan fingerprint density at radius 1 is 1.58 bits per heavy atom. The molecule has 0 aromatic heterocycles. The summed E-state index contributed by atoms with van der Waals surface area (Å²) in [6.07, 6.45) is 5.17. The molecule has 12 heavy (non-hydrogen) atoms. The molecule has 0 saturated heterocycles. The lowest BCUT2D eigenvalue weighted by Crippen LogP contribution is -2.16. The number of hydrogen-bond acceptors (Lipinski definition) is 1. The van der Waals surface area contributed by atoms with E-state index >= 15 is 0 Å². The maximum absolute atomic E-state index is 9.49. The van der Waals surface area contributed by atoms with Crippen LogP contribution in [0.2, 0.25) is 0 Å². The number of aliphatic hydroxyl groups excluding tert-OH is 1. The molecule has 0 radical (unpaired) electrons. The molecule has 0 bridgehead atoms. The summed E-state index contributed by atoms with van der Waals surface area (Å²) in [6.45, 7) is 6.68. The van der Waals surface area contributed by atoms with Gasteiger partial charge in [0.05, 0.1) is 6.10 Å². The van der Waals surface area contributed by atoms with Crippen molar-refractivity contribution in [3.05, 3.63) is 11.6 Å². The first-order chi connectivity index (χ1) is 5.58. The average molecular weight is 168 g/mol. The molecule has 1 aliphatic carbocycles. The van der Waals surface area contributed by atoms with Crippen LogP contribution in [0.4, 0.5) is 0 Å². The van der Waals surface area contributed by atoms with Crippen molar-refractivity contribution in [3.8, 4) is 0 Å². The van der Waals surface area contributed by atoms with Crippen molar-refractivity contribution in [1.29, 1.82) is 0 Å². The highest BCUT2D eigenvalue weighted by atomic mass is 16.3. The maximum Gasteiger partial charge on any atom is 0.0726 e. The van der Waals surface area contributed by atoms with Crippen LogP contribution < -0.4 is 0 Å². The average Bonchev–Trinajstić information content (AvgIpc) is 1.81. The van der Waals surface area contributed by atoms with Gasteiger partial charge < -0.3 is 5.11 Å². The van der Waals surface area contributed by atoms with E-state index in [1.165, 1.54) is 12.0 Å². The van der Waals surface area contributed by atoms with Crippen LogP contribution in [0.5, 0.6) is 0 Å². The van der Waals surface area contributed by atoms with Gasteiger partial charge in [-0.15, -0.1) is 0 Å². The van der Waals surface area contributed by atoms with Crippen LogP contribution in [0.1, 0.15) is 40.0 Å². The van der Waals surface area contributed by atoms with Crippen molar-refractivity contribution in [2.75, 3.05) is 0 Å². The van der Waals surface area contributed by atoms with Gasteiger partial charge in [-0.1, -0.05) is 32.4 Å². The number of allylic oxidation sites excluding steroid dienone is 1. The number of aliphatic hydroxyl groups is 1.